The summed E-state index contributed by atoms with van der Waals surface area (Å²) < 4.78 is 40.5. The fraction of sp³-hybridized carbons (Fsp3) is 0.667. The second-order valence-electron chi connectivity index (χ2n) is 12.4. The maximum absolute atomic E-state index is 14.2. The van der Waals surface area contributed by atoms with Gasteiger partial charge in [-0.1, -0.05) is 32.9 Å². The molecule has 1 aromatic rings. The molecule has 3 saturated carbocycles. The van der Waals surface area contributed by atoms with Gasteiger partial charge in [-0.25, -0.2) is 0 Å². The molecule has 4 nitrogen and oxygen atoms in total. The van der Waals surface area contributed by atoms with Gasteiger partial charge in [0.1, 0.15) is 0 Å². The molecule has 0 radical (unpaired) electrons. The summed E-state index contributed by atoms with van der Waals surface area (Å²) >= 11 is 0. The van der Waals surface area contributed by atoms with Gasteiger partial charge in [0.2, 0.25) is 11.8 Å². The zero-order valence-electron chi connectivity index (χ0n) is 22.3. The summed E-state index contributed by atoms with van der Waals surface area (Å²) in [4.78, 5) is 27.9. The summed E-state index contributed by atoms with van der Waals surface area (Å²) in [6.07, 6.45) is 5.70. The van der Waals surface area contributed by atoms with Gasteiger partial charge in [0.25, 0.3) is 0 Å². The molecule has 37 heavy (non-hydrogen) atoms. The smallest absolute Gasteiger partial charge is 0.349 e. The van der Waals surface area contributed by atoms with Crippen LogP contribution in [0.3, 0.4) is 0 Å². The number of carbonyl (C=O) groups is 2. The standard InChI is InChI=1S/C30H39F3N2O2/c1-5-18(2)35(20-8-6-7-19(17-20)30(31,32)33)27(37)24-11-10-22-21-9-12-25-29(4,16-14-26(36)34-25)23(21)13-15-28(22,24)3/h6-8,14,16-18,21-25H,5,9-13,15H2,1-4H3,(H,34,36)/t18?,21-,22-,23-,24+,25+,28-,29+/m0/s1. The first kappa shape index (κ1) is 26.3. The Bertz CT molecular complexity index is 1100. The van der Waals surface area contributed by atoms with Gasteiger partial charge in [0.05, 0.1) is 5.56 Å². The summed E-state index contributed by atoms with van der Waals surface area (Å²) in [5, 5.41) is 3.19. The summed E-state index contributed by atoms with van der Waals surface area (Å²) in [6, 6.07) is 5.20. The van der Waals surface area contributed by atoms with Gasteiger partial charge in [-0.15, -0.1) is 0 Å². The number of hydrogen-bond donors (Lipinski definition) is 1. The van der Waals surface area contributed by atoms with Crippen molar-refractivity contribution in [3.8, 4) is 0 Å². The number of carbonyl (C=O) groups excluding carboxylic acids is 2. The van der Waals surface area contributed by atoms with Gasteiger partial charge in [-0.2, -0.15) is 13.2 Å². The zero-order valence-corrected chi connectivity index (χ0v) is 22.3. The fourth-order valence-corrected chi connectivity index (χ4v) is 8.52. The zero-order chi connectivity index (χ0) is 26.8. The van der Waals surface area contributed by atoms with E-state index in [-0.39, 0.29) is 40.6 Å². The number of benzene rings is 1. The van der Waals surface area contributed by atoms with E-state index < -0.39 is 11.7 Å². The Balaban J connectivity index is 1.44. The maximum atomic E-state index is 14.2. The van der Waals surface area contributed by atoms with E-state index in [4.69, 9.17) is 0 Å². The van der Waals surface area contributed by atoms with E-state index in [1.165, 1.54) is 6.07 Å². The van der Waals surface area contributed by atoms with Gasteiger partial charge in [-0.3, -0.25) is 9.59 Å². The van der Waals surface area contributed by atoms with E-state index in [0.717, 1.165) is 50.7 Å². The number of fused-ring (bicyclic) bond motifs is 5. The van der Waals surface area contributed by atoms with Crippen molar-refractivity contribution in [1.82, 2.24) is 5.32 Å². The lowest BCUT2D eigenvalue weighted by Gasteiger charge is -2.58. The molecule has 0 saturated heterocycles. The molecule has 0 spiro atoms. The van der Waals surface area contributed by atoms with Gasteiger partial charge in [0, 0.05) is 29.1 Å². The number of nitrogens with zero attached hydrogens (tertiary/aromatic N) is 1. The average Bonchev–Trinajstić information content (AvgIpc) is 3.21. The fourth-order valence-electron chi connectivity index (χ4n) is 8.52. The molecule has 202 valence electrons. The summed E-state index contributed by atoms with van der Waals surface area (Å²) in [5.74, 6) is 1.13. The number of hydrogen-bond acceptors (Lipinski definition) is 2. The molecule has 4 aliphatic rings. The second-order valence-corrected chi connectivity index (χ2v) is 12.4. The lowest BCUT2D eigenvalue weighted by Crippen LogP contribution is -2.59. The molecule has 1 N–H and O–H groups in total. The van der Waals surface area contributed by atoms with E-state index in [0.29, 0.717) is 29.9 Å². The Morgan fingerprint density at radius 1 is 1.14 bits per heavy atom. The van der Waals surface area contributed by atoms with Crippen LogP contribution < -0.4 is 10.2 Å². The highest BCUT2D eigenvalue weighted by molar-refractivity contribution is 5.96. The van der Waals surface area contributed by atoms with Crippen LogP contribution in [0.1, 0.15) is 78.2 Å². The monoisotopic (exact) mass is 516 g/mol. The van der Waals surface area contributed by atoms with Crippen molar-refractivity contribution in [3.63, 3.8) is 0 Å². The third kappa shape index (κ3) is 4.21. The molecule has 1 heterocycles. The largest absolute Gasteiger partial charge is 0.416 e. The third-order valence-electron chi connectivity index (χ3n) is 10.7. The molecule has 1 unspecified atom stereocenters. The molecule has 0 aromatic heterocycles. The summed E-state index contributed by atoms with van der Waals surface area (Å²) in [5.41, 5.74) is -0.622. The first-order chi connectivity index (χ1) is 17.4. The number of rotatable bonds is 4. The number of amides is 2. The molecular weight excluding hydrogens is 477 g/mol. The highest BCUT2D eigenvalue weighted by Crippen LogP contribution is 2.65. The Labute approximate surface area is 218 Å². The summed E-state index contributed by atoms with van der Waals surface area (Å²) in [7, 11) is 0. The third-order valence-corrected chi connectivity index (χ3v) is 10.7. The minimum absolute atomic E-state index is 0.00664. The van der Waals surface area contributed by atoms with Crippen LogP contribution in [0.4, 0.5) is 18.9 Å². The SMILES string of the molecule is CCC(C)N(C(=O)[C@H]1CC[C@H]2[C@@H]3CC[C@H]4NC(=O)C=C[C@]4(C)[C@H]3CC[C@]12C)c1cccc(C(F)(F)F)c1. The van der Waals surface area contributed by atoms with Gasteiger partial charge >= 0.3 is 6.18 Å². The average molecular weight is 517 g/mol. The van der Waals surface area contributed by atoms with E-state index >= 15 is 0 Å². The predicted octanol–water partition coefficient (Wildman–Crippen LogP) is 6.75. The van der Waals surface area contributed by atoms with Crippen molar-refractivity contribution in [3.05, 3.63) is 42.0 Å². The summed E-state index contributed by atoms with van der Waals surface area (Å²) in [6.45, 7) is 8.44. The van der Waals surface area contributed by atoms with Crippen LogP contribution in [0, 0.1) is 34.5 Å². The first-order valence-electron chi connectivity index (χ1n) is 13.9. The number of nitrogens with one attached hydrogen (secondary N) is 1. The molecule has 3 aliphatic carbocycles. The molecule has 2 amide bonds. The quantitative estimate of drug-likeness (QED) is 0.481. The molecule has 3 fully saturated rings. The molecule has 8 atom stereocenters. The lowest BCUT2D eigenvalue weighted by molar-refractivity contribution is -0.137. The van der Waals surface area contributed by atoms with Crippen molar-refractivity contribution in [2.24, 2.45) is 34.5 Å². The lowest BCUT2D eigenvalue weighted by atomic mass is 9.48. The molecule has 1 aromatic carbocycles. The van der Waals surface area contributed by atoms with Gasteiger partial charge < -0.3 is 10.2 Å². The van der Waals surface area contributed by atoms with Crippen LogP contribution in [0.2, 0.25) is 0 Å². The minimum atomic E-state index is -4.45. The van der Waals surface area contributed by atoms with Crippen LogP contribution in [0.25, 0.3) is 0 Å². The second kappa shape index (κ2) is 9.16. The number of halogens is 3. The van der Waals surface area contributed by atoms with E-state index in [9.17, 15) is 22.8 Å². The Hall–Kier alpha value is -2.31. The predicted molar refractivity (Wildman–Crippen MR) is 138 cm³/mol. The van der Waals surface area contributed by atoms with Crippen LogP contribution in [-0.4, -0.2) is 23.9 Å². The highest BCUT2D eigenvalue weighted by atomic mass is 19.4. The normalized spacial score (nSPS) is 37.7. The van der Waals surface area contributed by atoms with Crippen molar-refractivity contribution >= 4 is 17.5 Å². The highest BCUT2D eigenvalue weighted by Gasteiger charge is 2.61. The Kier molecular flexibility index (Phi) is 6.51. The molecular formula is C30H39F3N2O2. The van der Waals surface area contributed by atoms with Crippen molar-refractivity contribution < 1.29 is 22.8 Å². The molecule has 0 bridgehead atoms. The van der Waals surface area contributed by atoms with Crippen LogP contribution in [-0.2, 0) is 15.8 Å². The number of alkyl halides is 3. The maximum Gasteiger partial charge on any atom is 0.416 e. The van der Waals surface area contributed by atoms with Gasteiger partial charge in [-0.05, 0) is 99.3 Å². The number of anilines is 1. The van der Waals surface area contributed by atoms with Crippen LogP contribution >= 0.6 is 0 Å². The van der Waals surface area contributed by atoms with Crippen LogP contribution in [0.15, 0.2) is 36.4 Å². The van der Waals surface area contributed by atoms with Crippen LogP contribution in [0.5, 0.6) is 0 Å². The van der Waals surface area contributed by atoms with E-state index in [2.05, 4.69) is 25.2 Å². The van der Waals surface area contributed by atoms with Crippen molar-refractivity contribution in [2.75, 3.05) is 4.90 Å². The topological polar surface area (TPSA) is 49.4 Å². The Morgan fingerprint density at radius 2 is 1.89 bits per heavy atom. The van der Waals surface area contributed by atoms with Crippen molar-refractivity contribution in [1.29, 1.82) is 0 Å². The minimum Gasteiger partial charge on any atom is -0.349 e. The van der Waals surface area contributed by atoms with Gasteiger partial charge in [0.15, 0.2) is 0 Å². The molecule has 1 aliphatic heterocycles. The van der Waals surface area contributed by atoms with E-state index in [1.807, 2.05) is 13.8 Å². The Morgan fingerprint density at radius 3 is 2.59 bits per heavy atom. The molecule has 7 heteroatoms. The molecule has 5 rings (SSSR count). The van der Waals surface area contributed by atoms with Crippen molar-refractivity contribution in [2.45, 2.75) is 90.9 Å². The first-order valence-corrected chi connectivity index (χ1v) is 13.9. The van der Waals surface area contributed by atoms with E-state index in [1.54, 1.807) is 17.0 Å².